The lowest BCUT2D eigenvalue weighted by Crippen LogP contribution is -2.31. The van der Waals surface area contributed by atoms with E-state index < -0.39 is 18.8 Å². The van der Waals surface area contributed by atoms with Crippen LogP contribution in [0.3, 0.4) is 0 Å². The summed E-state index contributed by atoms with van der Waals surface area (Å²) in [4.78, 5) is 0. The first-order valence-electron chi connectivity index (χ1n) is 4.79. The molecule has 1 rings (SSSR count). The van der Waals surface area contributed by atoms with Crippen LogP contribution in [0.25, 0.3) is 0 Å². The second kappa shape index (κ2) is 5.52. The minimum Gasteiger partial charge on any atom is -0.290 e. The number of alkyl halides is 3. The molecule has 0 radical (unpaired) electrons. The summed E-state index contributed by atoms with van der Waals surface area (Å²) < 4.78 is 36.9. The Morgan fingerprint density at radius 1 is 1.47 bits per heavy atom. The summed E-state index contributed by atoms with van der Waals surface area (Å²) in [5, 5.41) is 11.0. The molecule has 0 saturated carbocycles. The molecule has 0 aliphatic rings. The monoisotopic (exact) mass is 306 g/mol. The summed E-state index contributed by atoms with van der Waals surface area (Å²) in [5.41, 5.74) is 1.47. The van der Waals surface area contributed by atoms with E-state index in [0.29, 0.717) is 5.56 Å². The summed E-state index contributed by atoms with van der Waals surface area (Å²) >= 11 is 3.27. The minimum atomic E-state index is -4.32. The highest BCUT2D eigenvalue weighted by atomic mass is 79.9. The molecule has 1 aromatic rings. The fourth-order valence-corrected chi connectivity index (χ4v) is 1.64. The van der Waals surface area contributed by atoms with Gasteiger partial charge >= 0.3 is 6.18 Å². The molecule has 0 saturated heterocycles. The maximum absolute atomic E-state index is 12.0. The molecule has 92 valence electrons. The van der Waals surface area contributed by atoms with Crippen LogP contribution in [0.1, 0.15) is 17.2 Å². The van der Waals surface area contributed by atoms with Gasteiger partial charge in [0.1, 0.15) is 6.04 Å². The molecule has 0 fully saturated rings. The fourth-order valence-electron chi connectivity index (χ4n) is 1.24. The first-order chi connectivity index (χ1) is 7.83. The number of hydrogen-bond acceptors (Lipinski definition) is 2. The molecule has 0 aliphatic heterocycles. The number of aryl methyl sites for hydroxylation is 1. The number of nitrogens with one attached hydrogen (secondary N) is 1. The van der Waals surface area contributed by atoms with Gasteiger partial charge in [-0.1, -0.05) is 28.1 Å². The molecule has 2 nitrogen and oxygen atoms in total. The Morgan fingerprint density at radius 2 is 2.12 bits per heavy atom. The van der Waals surface area contributed by atoms with Crippen LogP contribution >= 0.6 is 15.9 Å². The van der Waals surface area contributed by atoms with E-state index in [-0.39, 0.29) is 0 Å². The van der Waals surface area contributed by atoms with E-state index in [1.54, 1.807) is 24.3 Å². The molecule has 0 spiro atoms. The molecule has 0 amide bonds. The van der Waals surface area contributed by atoms with Gasteiger partial charge in [0.2, 0.25) is 0 Å². The van der Waals surface area contributed by atoms with Crippen LogP contribution in [0.5, 0.6) is 0 Å². The van der Waals surface area contributed by atoms with Gasteiger partial charge < -0.3 is 0 Å². The average Bonchev–Trinajstić information content (AvgIpc) is 2.22. The van der Waals surface area contributed by atoms with Crippen molar-refractivity contribution >= 4 is 15.9 Å². The lowest BCUT2D eigenvalue weighted by Gasteiger charge is -2.14. The van der Waals surface area contributed by atoms with Crippen LogP contribution in [0, 0.1) is 18.3 Å². The molecule has 0 bridgehead atoms. The highest BCUT2D eigenvalue weighted by molar-refractivity contribution is 9.10. The SMILES string of the molecule is Cc1ccc(C(C#N)NCC(F)(F)F)cc1Br. The third kappa shape index (κ3) is 4.36. The topological polar surface area (TPSA) is 35.8 Å². The molecular formula is C11H10BrF3N2. The van der Waals surface area contributed by atoms with Crippen LogP contribution < -0.4 is 5.32 Å². The predicted molar refractivity (Wildman–Crippen MR) is 61.3 cm³/mol. The highest BCUT2D eigenvalue weighted by Crippen LogP contribution is 2.22. The van der Waals surface area contributed by atoms with E-state index in [0.717, 1.165) is 10.0 Å². The Balaban J connectivity index is 2.81. The lowest BCUT2D eigenvalue weighted by atomic mass is 10.1. The van der Waals surface area contributed by atoms with E-state index in [1.807, 2.05) is 6.92 Å². The van der Waals surface area contributed by atoms with Crippen molar-refractivity contribution in [3.63, 3.8) is 0 Å². The molecule has 1 unspecified atom stereocenters. The quantitative estimate of drug-likeness (QED) is 0.928. The molecule has 0 aromatic heterocycles. The predicted octanol–water partition coefficient (Wildman–Crippen LogP) is 3.47. The van der Waals surface area contributed by atoms with Crippen molar-refractivity contribution in [2.45, 2.75) is 19.1 Å². The maximum Gasteiger partial charge on any atom is 0.401 e. The first-order valence-corrected chi connectivity index (χ1v) is 5.58. The van der Waals surface area contributed by atoms with Crippen molar-refractivity contribution in [2.24, 2.45) is 0 Å². The second-order valence-electron chi connectivity index (χ2n) is 3.57. The average molecular weight is 307 g/mol. The van der Waals surface area contributed by atoms with E-state index >= 15 is 0 Å². The number of halogens is 4. The van der Waals surface area contributed by atoms with Gasteiger partial charge in [0.05, 0.1) is 12.6 Å². The van der Waals surface area contributed by atoms with Gasteiger partial charge in [-0.2, -0.15) is 18.4 Å². The summed E-state index contributed by atoms with van der Waals surface area (Å²) in [6.07, 6.45) is -4.32. The highest BCUT2D eigenvalue weighted by Gasteiger charge is 2.28. The van der Waals surface area contributed by atoms with Crippen molar-refractivity contribution in [3.05, 3.63) is 33.8 Å². The van der Waals surface area contributed by atoms with E-state index in [9.17, 15) is 13.2 Å². The number of rotatable bonds is 3. The van der Waals surface area contributed by atoms with Crippen molar-refractivity contribution in [1.82, 2.24) is 5.32 Å². The van der Waals surface area contributed by atoms with Gasteiger partial charge in [-0.3, -0.25) is 5.32 Å². The summed E-state index contributed by atoms with van der Waals surface area (Å²) in [6.45, 7) is 0.676. The van der Waals surface area contributed by atoms with Gasteiger partial charge in [-0.15, -0.1) is 0 Å². The van der Waals surface area contributed by atoms with E-state index in [4.69, 9.17) is 5.26 Å². The molecule has 0 aliphatic carbocycles. The Hall–Kier alpha value is -1.06. The lowest BCUT2D eigenvalue weighted by molar-refractivity contribution is -0.125. The van der Waals surface area contributed by atoms with Gasteiger partial charge in [0.25, 0.3) is 0 Å². The molecule has 1 aromatic carbocycles. The zero-order valence-electron chi connectivity index (χ0n) is 8.98. The fraction of sp³-hybridized carbons (Fsp3) is 0.364. The summed E-state index contributed by atoms with van der Waals surface area (Å²) in [7, 11) is 0. The van der Waals surface area contributed by atoms with Crippen molar-refractivity contribution in [1.29, 1.82) is 5.26 Å². The van der Waals surface area contributed by atoms with Gasteiger partial charge in [0.15, 0.2) is 0 Å². The number of nitrogens with zero attached hydrogens (tertiary/aromatic N) is 1. The zero-order valence-corrected chi connectivity index (χ0v) is 10.6. The number of benzene rings is 1. The summed E-state index contributed by atoms with van der Waals surface area (Å²) in [5.74, 6) is 0. The largest absolute Gasteiger partial charge is 0.401 e. The maximum atomic E-state index is 12.0. The third-order valence-electron chi connectivity index (χ3n) is 2.16. The van der Waals surface area contributed by atoms with Gasteiger partial charge in [-0.25, -0.2) is 0 Å². The number of nitriles is 1. The second-order valence-corrected chi connectivity index (χ2v) is 4.42. The van der Waals surface area contributed by atoms with Crippen LogP contribution in [0.15, 0.2) is 22.7 Å². The van der Waals surface area contributed by atoms with Crippen LogP contribution in [-0.2, 0) is 0 Å². The van der Waals surface area contributed by atoms with Crippen LogP contribution in [0.4, 0.5) is 13.2 Å². The summed E-state index contributed by atoms with van der Waals surface area (Å²) in [6, 6.07) is 5.87. The Kier molecular flexibility index (Phi) is 4.54. The molecule has 0 heterocycles. The van der Waals surface area contributed by atoms with Crippen molar-refractivity contribution in [2.75, 3.05) is 6.54 Å². The Morgan fingerprint density at radius 3 is 2.59 bits per heavy atom. The minimum absolute atomic E-state index is 0.509. The van der Waals surface area contributed by atoms with E-state index in [1.165, 1.54) is 0 Å². The smallest absolute Gasteiger partial charge is 0.290 e. The molecule has 1 N–H and O–H groups in total. The first kappa shape index (κ1) is 14.0. The van der Waals surface area contributed by atoms with Crippen molar-refractivity contribution < 1.29 is 13.2 Å². The van der Waals surface area contributed by atoms with Gasteiger partial charge in [0, 0.05) is 4.47 Å². The standard InChI is InChI=1S/C11H10BrF3N2/c1-7-2-3-8(4-9(7)12)10(5-16)17-6-11(13,14)15/h2-4,10,17H,6H2,1H3. The Labute approximate surface area is 106 Å². The van der Waals surface area contributed by atoms with Gasteiger partial charge in [-0.05, 0) is 24.1 Å². The number of hydrogen-bond donors (Lipinski definition) is 1. The van der Waals surface area contributed by atoms with Crippen molar-refractivity contribution in [3.8, 4) is 6.07 Å². The molecular weight excluding hydrogens is 297 g/mol. The zero-order chi connectivity index (χ0) is 13.1. The molecule has 6 heteroatoms. The Bertz CT molecular complexity index is 437. The molecule has 17 heavy (non-hydrogen) atoms. The van der Waals surface area contributed by atoms with Crippen LogP contribution in [0.2, 0.25) is 0 Å². The van der Waals surface area contributed by atoms with E-state index in [2.05, 4.69) is 21.2 Å². The third-order valence-corrected chi connectivity index (χ3v) is 3.02. The molecule has 1 atom stereocenters. The van der Waals surface area contributed by atoms with Crippen LogP contribution in [-0.4, -0.2) is 12.7 Å². The normalized spacial score (nSPS) is 13.2.